The summed E-state index contributed by atoms with van der Waals surface area (Å²) >= 11 is 0. The predicted molar refractivity (Wildman–Crippen MR) is 130 cm³/mol. The van der Waals surface area contributed by atoms with Gasteiger partial charge in [-0.3, -0.25) is 0 Å². The molecule has 0 radical (unpaired) electrons. The SMILES string of the molecule is CCCCC(CC)C(P)(CC)C(C)(P)C(P)(CC)C(CC)CCCC. The van der Waals surface area contributed by atoms with Crippen molar-refractivity contribution in [2.45, 2.75) is 128 Å². The molecule has 152 valence electrons. The van der Waals surface area contributed by atoms with Crippen LogP contribution in [-0.4, -0.2) is 15.5 Å². The first-order valence-electron chi connectivity index (χ1n) is 11.0. The lowest BCUT2D eigenvalue weighted by atomic mass is 9.64. The second kappa shape index (κ2) is 12.0. The van der Waals surface area contributed by atoms with Gasteiger partial charge in [-0.05, 0) is 47.8 Å². The van der Waals surface area contributed by atoms with Crippen LogP contribution in [0.1, 0.15) is 113 Å². The molecule has 0 aromatic heterocycles. The molecule has 0 saturated carbocycles. The molecule has 7 unspecified atom stereocenters. The average Bonchev–Trinajstić information content (AvgIpc) is 2.61. The molecule has 0 aliphatic carbocycles. The highest BCUT2D eigenvalue weighted by Crippen LogP contribution is 2.61. The zero-order valence-electron chi connectivity index (χ0n) is 18.5. The Morgan fingerprint density at radius 2 is 0.960 bits per heavy atom. The summed E-state index contributed by atoms with van der Waals surface area (Å²) in [7, 11) is 10.2. The van der Waals surface area contributed by atoms with E-state index in [0.29, 0.717) is 0 Å². The molecule has 0 N–H and O–H groups in total. The lowest BCUT2D eigenvalue weighted by Crippen LogP contribution is -2.61. The highest BCUT2D eigenvalue weighted by atomic mass is 31.0. The summed E-state index contributed by atoms with van der Waals surface area (Å²) < 4.78 is 0. The predicted octanol–water partition coefficient (Wildman–Crippen LogP) is 8.10. The molecule has 7 atom stereocenters. The Morgan fingerprint density at radius 1 is 0.640 bits per heavy atom. The Morgan fingerprint density at radius 3 is 1.16 bits per heavy atom. The minimum Gasteiger partial charge on any atom is -0.130 e. The van der Waals surface area contributed by atoms with Gasteiger partial charge in [-0.25, -0.2) is 0 Å². The molecule has 0 aromatic carbocycles. The van der Waals surface area contributed by atoms with Crippen molar-refractivity contribution in [3.05, 3.63) is 0 Å². The van der Waals surface area contributed by atoms with E-state index in [2.05, 4.69) is 76.2 Å². The zero-order valence-corrected chi connectivity index (χ0v) is 21.9. The van der Waals surface area contributed by atoms with E-state index in [-0.39, 0.29) is 15.5 Å². The summed E-state index contributed by atoms with van der Waals surface area (Å²) in [5, 5.41) is 0.750. The van der Waals surface area contributed by atoms with Gasteiger partial charge in [0.15, 0.2) is 0 Å². The smallest absolute Gasteiger partial charge is 0.000743 e. The van der Waals surface area contributed by atoms with Crippen LogP contribution in [0.2, 0.25) is 0 Å². The maximum atomic E-state index is 3.39. The first kappa shape index (κ1) is 26.3. The third-order valence-electron chi connectivity index (χ3n) is 7.36. The molecule has 0 fully saturated rings. The van der Waals surface area contributed by atoms with Gasteiger partial charge in [-0.15, -0.1) is 27.7 Å². The van der Waals surface area contributed by atoms with Crippen LogP contribution >= 0.6 is 27.7 Å². The highest BCUT2D eigenvalue weighted by molar-refractivity contribution is 7.28. The average molecular weight is 407 g/mol. The number of unbranched alkanes of at least 4 members (excludes halogenated alkanes) is 2. The summed E-state index contributed by atoms with van der Waals surface area (Å²) in [5.74, 6) is 1.56. The molecule has 0 rings (SSSR count). The van der Waals surface area contributed by atoms with Gasteiger partial charge in [-0.2, -0.15) is 0 Å². The fraction of sp³-hybridized carbons (Fsp3) is 1.00. The standard InChI is InChI=1S/C22H49P3/c1-8-14-16-18(10-3)21(24,12-5)20(7,23)22(25,13-6)19(11-4)17-15-9-2/h18-19H,8-17,23-25H2,1-7H3. The molecule has 0 bridgehead atoms. The highest BCUT2D eigenvalue weighted by Gasteiger charge is 2.56. The summed E-state index contributed by atoms with van der Waals surface area (Å²) in [5.41, 5.74) is 0. The summed E-state index contributed by atoms with van der Waals surface area (Å²) in [4.78, 5) is 0. The number of hydrogen-bond donors (Lipinski definition) is 0. The zero-order chi connectivity index (χ0) is 19.7. The normalized spacial score (nSPS) is 21.8. The largest absolute Gasteiger partial charge is 0.130 e. The van der Waals surface area contributed by atoms with Crippen molar-refractivity contribution in [2.24, 2.45) is 11.8 Å². The second-order valence-electron chi connectivity index (χ2n) is 8.48. The van der Waals surface area contributed by atoms with Gasteiger partial charge in [-0.1, -0.05) is 87.0 Å². The molecule has 0 amide bonds. The summed E-state index contributed by atoms with van der Waals surface area (Å²) in [6.07, 6.45) is 13.1. The Hall–Kier alpha value is 1.29. The van der Waals surface area contributed by atoms with Crippen molar-refractivity contribution < 1.29 is 0 Å². The van der Waals surface area contributed by atoms with Crippen LogP contribution < -0.4 is 0 Å². The van der Waals surface area contributed by atoms with Crippen molar-refractivity contribution in [3.8, 4) is 0 Å². The van der Waals surface area contributed by atoms with Crippen molar-refractivity contribution in [2.75, 3.05) is 0 Å². The van der Waals surface area contributed by atoms with Gasteiger partial charge in [0.25, 0.3) is 0 Å². The van der Waals surface area contributed by atoms with Crippen LogP contribution in [0.4, 0.5) is 0 Å². The van der Waals surface area contributed by atoms with Crippen LogP contribution in [0.3, 0.4) is 0 Å². The van der Waals surface area contributed by atoms with Crippen LogP contribution in [0, 0.1) is 11.8 Å². The van der Waals surface area contributed by atoms with Crippen LogP contribution in [0.15, 0.2) is 0 Å². The maximum absolute atomic E-state index is 3.39. The topological polar surface area (TPSA) is 0 Å². The van der Waals surface area contributed by atoms with E-state index in [1.165, 1.54) is 64.2 Å². The number of hydrogen-bond acceptors (Lipinski definition) is 0. The third kappa shape index (κ3) is 5.65. The monoisotopic (exact) mass is 406 g/mol. The Labute approximate surface area is 167 Å². The maximum Gasteiger partial charge on any atom is 0.000743 e. The van der Waals surface area contributed by atoms with Crippen molar-refractivity contribution in [1.82, 2.24) is 0 Å². The van der Waals surface area contributed by atoms with E-state index >= 15 is 0 Å². The first-order valence-corrected chi connectivity index (χ1v) is 12.8. The van der Waals surface area contributed by atoms with Gasteiger partial charge >= 0.3 is 0 Å². The third-order valence-corrected chi connectivity index (χ3v) is 12.1. The Balaban J connectivity index is 5.93. The molecular formula is C22H49P3. The van der Waals surface area contributed by atoms with Gasteiger partial charge in [0, 0.05) is 5.16 Å². The van der Waals surface area contributed by atoms with E-state index in [9.17, 15) is 0 Å². The van der Waals surface area contributed by atoms with Crippen molar-refractivity contribution in [3.63, 3.8) is 0 Å². The van der Waals surface area contributed by atoms with E-state index in [1.54, 1.807) is 0 Å². The molecule has 3 heteroatoms. The lowest BCUT2D eigenvalue weighted by Gasteiger charge is -2.60. The van der Waals surface area contributed by atoms with Gasteiger partial charge in [0.2, 0.25) is 0 Å². The Bertz CT molecular complexity index is 323. The van der Waals surface area contributed by atoms with E-state index < -0.39 is 0 Å². The van der Waals surface area contributed by atoms with Crippen molar-refractivity contribution >= 4 is 27.7 Å². The van der Waals surface area contributed by atoms with Crippen molar-refractivity contribution in [1.29, 1.82) is 0 Å². The fourth-order valence-electron chi connectivity index (χ4n) is 5.15. The molecule has 0 nitrogen and oxygen atoms in total. The molecule has 25 heavy (non-hydrogen) atoms. The quantitative estimate of drug-likeness (QED) is 0.256. The minimum atomic E-state index is 0.196. The van der Waals surface area contributed by atoms with Gasteiger partial charge in [0.05, 0.1) is 0 Å². The Kier molecular flexibility index (Phi) is 12.6. The van der Waals surface area contributed by atoms with E-state index in [0.717, 1.165) is 11.8 Å². The molecule has 0 aromatic rings. The van der Waals surface area contributed by atoms with Crippen LogP contribution in [0.25, 0.3) is 0 Å². The summed E-state index contributed by atoms with van der Waals surface area (Å²) in [6, 6.07) is 0. The first-order chi connectivity index (χ1) is 11.7. The van der Waals surface area contributed by atoms with E-state index in [4.69, 9.17) is 0 Å². The van der Waals surface area contributed by atoms with Crippen LogP contribution in [-0.2, 0) is 0 Å². The van der Waals surface area contributed by atoms with Gasteiger partial charge < -0.3 is 0 Å². The molecular weight excluding hydrogens is 357 g/mol. The van der Waals surface area contributed by atoms with E-state index in [1.807, 2.05) is 0 Å². The van der Waals surface area contributed by atoms with Crippen LogP contribution in [0.5, 0.6) is 0 Å². The fourth-order valence-corrected chi connectivity index (χ4v) is 7.53. The van der Waals surface area contributed by atoms with Gasteiger partial charge in [0.1, 0.15) is 0 Å². The second-order valence-corrected chi connectivity index (χ2v) is 11.7. The molecule has 0 aliphatic heterocycles. The molecule has 0 heterocycles. The molecule has 0 spiro atoms. The minimum absolute atomic E-state index is 0.196. The molecule has 0 aliphatic rings. The summed E-state index contributed by atoms with van der Waals surface area (Å²) in [6.45, 7) is 16.8. The lowest BCUT2D eigenvalue weighted by molar-refractivity contribution is 0.180. The molecule has 0 saturated heterocycles. The number of rotatable bonds is 14.